The van der Waals surface area contributed by atoms with Gasteiger partial charge in [-0.2, -0.15) is 13.2 Å². The third kappa shape index (κ3) is 5.66. The quantitative estimate of drug-likeness (QED) is 0.455. The van der Waals surface area contributed by atoms with Crippen LogP contribution < -0.4 is 14.8 Å². The minimum Gasteiger partial charge on any atom is -0.478 e. The number of hydrogen-bond donors (Lipinski definition) is 1. The van der Waals surface area contributed by atoms with Crippen molar-refractivity contribution in [2.24, 2.45) is 0 Å². The number of sulfone groups is 1. The molecule has 1 aliphatic carbocycles. The van der Waals surface area contributed by atoms with Crippen LogP contribution in [0.4, 0.5) is 18.9 Å². The van der Waals surface area contributed by atoms with Gasteiger partial charge in [-0.3, -0.25) is 4.79 Å². The standard InChI is InChI=1S/C24H23F3N4O5S/c1-12-10-17(14-8-9-14)29-23(35-3)19(12)36-22-18(13(2)20(30-31-22)24(25,26)27)21(32)28-15-6-5-7-16(11-15)37(4,33)34/h5-7,10-11,14H,8-9H2,1-4H3,(H,28,32). The number of amides is 1. The van der Waals surface area contributed by atoms with Crippen molar-refractivity contribution < 1.29 is 35.9 Å². The van der Waals surface area contributed by atoms with Gasteiger partial charge in [0.15, 0.2) is 21.3 Å². The number of methoxy groups -OCH3 is 1. The third-order valence-corrected chi connectivity index (χ3v) is 6.85. The number of hydrogen-bond acceptors (Lipinski definition) is 8. The predicted molar refractivity (Wildman–Crippen MR) is 127 cm³/mol. The molecule has 1 amide bonds. The largest absolute Gasteiger partial charge is 0.478 e. The van der Waals surface area contributed by atoms with Crippen LogP contribution in [-0.4, -0.2) is 42.9 Å². The molecule has 3 aromatic rings. The number of carbonyl (C=O) groups is 1. The number of pyridine rings is 1. The molecule has 1 aliphatic rings. The zero-order valence-corrected chi connectivity index (χ0v) is 21.1. The van der Waals surface area contributed by atoms with E-state index >= 15 is 0 Å². The van der Waals surface area contributed by atoms with Crippen molar-refractivity contribution in [1.29, 1.82) is 0 Å². The van der Waals surface area contributed by atoms with E-state index in [1.54, 1.807) is 13.0 Å². The molecule has 0 saturated heterocycles. The van der Waals surface area contributed by atoms with E-state index in [1.807, 2.05) is 0 Å². The van der Waals surface area contributed by atoms with E-state index in [0.29, 0.717) is 11.5 Å². The molecular weight excluding hydrogens is 513 g/mol. The molecule has 1 N–H and O–H groups in total. The van der Waals surface area contributed by atoms with Crippen LogP contribution in [-0.2, 0) is 16.0 Å². The summed E-state index contributed by atoms with van der Waals surface area (Å²) in [5.74, 6) is -1.02. The van der Waals surface area contributed by atoms with Gasteiger partial charge in [-0.15, -0.1) is 10.2 Å². The maximum Gasteiger partial charge on any atom is 0.435 e. The Bertz CT molecular complexity index is 1490. The molecule has 9 nitrogen and oxygen atoms in total. The van der Waals surface area contributed by atoms with Gasteiger partial charge in [0.1, 0.15) is 5.56 Å². The van der Waals surface area contributed by atoms with Crippen LogP contribution in [0.15, 0.2) is 35.2 Å². The Morgan fingerprint density at radius 2 is 1.81 bits per heavy atom. The molecule has 196 valence electrons. The Morgan fingerprint density at radius 3 is 2.41 bits per heavy atom. The number of nitrogens with one attached hydrogen (secondary N) is 1. The molecule has 1 aromatic carbocycles. The van der Waals surface area contributed by atoms with E-state index in [0.717, 1.165) is 31.7 Å². The number of benzene rings is 1. The van der Waals surface area contributed by atoms with Crippen LogP contribution in [0.2, 0.25) is 0 Å². The zero-order valence-electron chi connectivity index (χ0n) is 20.3. The SMILES string of the molecule is COc1nc(C2CC2)cc(C)c1Oc1nnc(C(F)(F)F)c(C)c1C(=O)Nc1cccc(S(C)(=O)=O)c1. The summed E-state index contributed by atoms with van der Waals surface area (Å²) in [7, 11) is -2.22. The Kier molecular flexibility index (Phi) is 6.84. The highest BCUT2D eigenvalue weighted by Gasteiger charge is 2.38. The topological polar surface area (TPSA) is 120 Å². The molecular formula is C24H23F3N4O5S. The summed E-state index contributed by atoms with van der Waals surface area (Å²) >= 11 is 0. The molecule has 0 unspecified atom stereocenters. The van der Waals surface area contributed by atoms with Crippen LogP contribution in [0.1, 0.15) is 51.6 Å². The Balaban J connectivity index is 1.78. The van der Waals surface area contributed by atoms with Gasteiger partial charge in [0.2, 0.25) is 0 Å². The number of carbonyl (C=O) groups excluding carboxylic acids is 1. The first-order valence-corrected chi connectivity index (χ1v) is 13.0. The molecule has 2 heterocycles. The predicted octanol–water partition coefficient (Wildman–Crippen LogP) is 4.84. The van der Waals surface area contributed by atoms with E-state index in [1.165, 1.54) is 31.4 Å². The summed E-state index contributed by atoms with van der Waals surface area (Å²) in [6, 6.07) is 7.10. The molecule has 13 heteroatoms. The number of nitrogens with zero attached hydrogens (tertiary/aromatic N) is 3. The molecule has 0 radical (unpaired) electrons. The average Bonchev–Trinajstić information content (AvgIpc) is 3.64. The number of aromatic nitrogens is 3. The Labute approximate surface area is 211 Å². The molecule has 4 rings (SSSR count). The van der Waals surface area contributed by atoms with Crippen LogP contribution in [0.25, 0.3) is 0 Å². The highest BCUT2D eigenvalue weighted by atomic mass is 32.2. The van der Waals surface area contributed by atoms with E-state index in [9.17, 15) is 26.4 Å². The van der Waals surface area contributed by atoms with Gasteiger partial charge in [-0.05, 0) is 62.1 Å². The molecule has 0 atom stereocenters. The fourth-order valence-corrected chi connectivity index (χ4v) is 4.38. The van der Waals surface area contributed by atoms with Gasteiger partial charge >= 0.3 is 6.18 Å². The van der Waals surface area contributed by atoms with Gasteiger partial charge in [-0.25, -0.2) is 13.4 Å². The van der Waals surface area contributed by atoms with E-state index in [2.05, 4.69) is 20.5 Å². The maximum atomic E-state index is 13.6. The molecule has 37 heavy (non-hydrogen) atoms. The zero-order chi connectivity index (χ0) is 27.1. The van der Waals surface area contributed by atoms with E-state index in [-0.39, 0.29) is 22.2 Å². The summed E-state index contributed by atoms with van der Waals surface area (Å²) in [5.41, 5.74) is -0.970. The second-order valence-corrected chi connectivity index (χ2v) is 10.7. The van der Waals surface area contributed by atoms with Crippen molar-refractivity contribution in [3.8, 4) is 17.5 Å². The fraction of sp³-hybridized carbons (Fsp3) is 0.333. The van der Waals surface area contributed by atoms with Crippen molar-refractivity contribution in [3.05, 3.63) is 58.4 Å². The smallest absolute Gasteiger partial charge is 0.435 e. The maximum absolute atomic E-state index is 13.6. The molecule has 0 spiro atoms. The van der Waals surface area contributed by atoms with Gasteiger partial charge in [0.05, 0.1) is 12.0 Å². The highest BCUT2D eigenvalue weighted by Crippen LogP contribution is 2.43. The first-order chi connectivity index (χ1) is 17.3. The number of rotatable bonds is 7. The normalized spacial score (nSPS) is 13.8. The number of halogens is 3. The summed E-state index contributed by atoms with van der Waals surface area (Å²) in [5, 5.41) is 9.26. The number of aryl methyl sites for hydroxylation is 1. The van der Waals surface area contributed by atoms with Gasteiger partial charge in [-0.1, -0.05) is 6.07 Å². The molecule has 0 aliphatic heterocycles. The van der Waals surface area contributed by atoms with Crippen LogP contribution in [0.3, 0.4) is 0 Å². The number of anilines is 1. The Morgan fingerprint density at radius 1 is 1.11 bits per heavy atom. The Hall–Kier alpha value is -3.74. The van der Waals surface area contributed by atoms with Crippen LogP contribution >= 0.6 is 0 Å². The highest BCUT2D eigenvalue weighted by molar-refractivity contribution is 7.90. The van der Waals surface area contributed by atoms with Crippen molar-refractivity contribution >= 4 is 21.4 Å². The average molecular weight is 537 g/mol. The van der Waals surface area contributed by atoms with Crippen molar-refractivity contribution in [3.63, 3.8) is 0 Å². The summed E-state index contributed by atoms with van der Waals surface area (Å²) in [4.78, 5) is 17.6. The number of ether oxygens (including phenoxy) is 2. The summed E-state index contributed by atoms with van der Waals surface area (Å²) < 4.78 is 75.7. The fourth-order valence-electron chi connectivity index (χ4n) is 3.71. The summed E-state index contributed by atoms with van der Waals surface area (Å²) in [6.07, 6.45) is -1.92. The lowest BCUT2D eigenvalue weighted by molar-refractivity contribution is -0.142. The van der Waals surface area contributed by atoms with Crippen LogP contribution in [0, 0.1) is 13.8 Å². The van der Waals surface area contributed by atoms with Gasteiger partial charge < -0.3 is 14.8 Å². The van der Waals surface area contributed by atoms with Gasteiger partial charge in [0.25, 0.3) is 17.7 Å². The molecule has 1 saturated carbocycles. The second kappa shape index (κ2) is 9.61. The van der Waals surface area contributed by atoms with E-state index < -0.39 is 44.6 Å². The lowest BCUT2D eigenvalue weighted by atomic mass is 10.1. The summed E-state index contributed by atoms with van der Waals surface area (Å²) in [6.45, 7) is 2.79. The molecule has 1 fully saturated rings. The molecule has 0 bridgehead atoms. The lowest BCUT2D eigenvalue weighted by Crippen LogP contribution is -2.21. The lowest BCUT2D eigenvalue weighted by Gasteiger charge is -2.18. The van der Waals surface area contributed by atoms with Gasteiger partial charge in [0, 0.05) is 23.6 Å². The minimum absolute atomic E-state index is 0.0489. The number of alkyl halides is 3. The monoisotopic (exact) mass is 536 g/mol. The third-order valence-electron chi connectivity index (χ3n) is 5.74. The minimum atomic E-state index is -4.89. The van der Waals surface area contributed by atoms with E-state index in [4.69, 9.17) is 9.47 Å². The van der Waals surface area contributed by atoms with Crippen molar-refractivity contribution in [2.45, 2.75) is 43.7 Å². The first-order valence-electron chi connectivity index (χ1n) is 11.1. The second-order valence-electron chi connectivity index (χ2n) is 8.68. The van der Waals surface area contributed by atoms with Crippen molar-refractivity contribution in [2.75, 3.05) is 18.7 Å². The van der Waals surface area contributed by atoms with Crippen LogP contribution in [0.5, 0.6) is 17.5 Å². The molecule has 2 aromatic heterocycles. The van der Waals surface area contributed by atoms with Crippen molar-refractivity contribution in [1.82, 2.24) is 15.2 Å². The first kappa shape index (κ1) is 26.3.